The fraction of sp³-hybridized carbons (Fsp3) is 0.500. The lowest BCUT2D eigenvalue weighted by atomic mass is 10.1. The van der Waals surface area contributed by atoms with E-state index in [1.165, 1.54) is 25.7 Å². The van der Waals surface area contributed by atoms with Crippen LogP contribution in [-0.4, -0.2) is 48.1 Å². The maximum Gasteiger partial charge on any atom is 0.253 e. The van der Waals surface area contributed by atoms with Gasteiger partial charge < -0.3 is 15.1 Å². The number of pyridine rings is 2. The van der Waals surface area contributed by atoms with Gasteiger partial charge in [-0.25, -0.2) is 9.97 Å². The Morgan fingerprint density at radius 3 is 2.11 bits per heavy atom. The lowest BCUT2D eigenvalue weighted by molar-refractivity contribution is 0.0933. The zero-order valence-electron chi connectivity index (χ0n) is 16.4. The molecule has 1 saturated carbocycles. The molecule has 0 atom stereocenters. The molecule has 1 aliphatic carbocycles. The third-order valence-corrected chi connectivity index (χ3v) is 5.78. The Kier molecular flexibility index (Phi) is 6.04. The third-order valence-electron chi connectivity index (χ3n) is 5.78. The number of hydrogen-bond acceptors (Lipinski definition) is 5. The smallest absolute Gasteiger partial charge is 0.253 e. The molecular weight excluding hydrogens is 350 g/mol. The molecule has 1 aliphatic heterocycles. The molecule has 0 unspecified atom stereocenters. The zero-order chi connectivity index (χ0) is 19.2. The number of piperazine rings is 1. The maximum absolute atomic E-state index is 12.5. The van der Waals surface area contributed by atoms with E-state index < -0.39 is 0 Å². The second-order valence-electron chi connectivity index (χ2n) is 7.73. The Morgan fingerprint density at radius 1 is 0.857 bits per heavy atom. The molecule has 2 aliphatic rings. The van der Waals surface area contributed by atoms with Crippen molar-refractivity contribution in [2.24, 2.45) is 0 Å². The van der Waals surface area contributed by atoms with E-state index in [1.807, 2.05) is 30.5 Å². The lowest BCUT2D eigenvalue weighted by Gasteiger charge is -2.36. The molecule has 1 amide bonds. The molecule has 1 saturated heterocycles. The Labute approximate surface area is 167 Å². The van der Waals surface area contributed by atoms with Gasteiger partial charge >= 0.3 is 0 Å². The number of nitrogens with one attached hydrogen (secondary N) is 1. The monoisotopic (exact) mass is 379 g/mol. The maximum atomic E-state index is 12.5. The molecule has 4 rings (SSSR count). The summed E-state index contributed by atoms with van der Waals surface area (Å²) in [4.78, 5) is 26.1. The molecule has 2 aromatic heterocycles. The van der Waals surface area contributed by atoms with Gasteiger partial charge in [-0.05, 0) is 37.1 Å². The van der Waals surface area contributed by atoms with Crippen molar-refractivity contribution in [3.05, 3.63) is 48.3 Å². The molecule has 28 heavy (non-hydrogen) atoms. The van der Waals surface area contributed by atoms with Crippen LogP contribution in [0.5, 0.6) is 0 Å². The van der Waals surface area contributed by atoms with E-state index in [1.54, 1.807) is 6.20 Å². The predicted molar refractivity (Wildman–Crippen MR) is 112 cm³/mol. The number of rotatable bonds is 4. The minimum atomic E-state index is 0.00548. The number of hydrogen-bond donors (Lipinski definition) is 1. The molecule has 2 aromatic rings. The minimum Gasteiger partial charge on any atom is -0.353 e. The number of anilines is 2. The first-order chi connectivity index (χ1) is 13.8. The third kappa shape index (κ3) is 4.61. The summed E-state index contributed by atoms with van der Waals surface area (Å²) in [7, 11) is 0. The topological polar surface area (TPSA) is 61.4 Å². The molecular formula is C22H29N5O. The number of amides is 1. The first-order valence-electron chi connectivity index (χ1n) is 10.5. The summed E-state index contributed by atoms with van der Waals surface area (Å²) in [6, 6.07) is 10.2. The van der Waals surface area contributed by atoms with E-state index in [0.29, 0.717) is 11.6 Å². The molecule has 3 heterocycles. The van der Waals surface area contributed by atoms with Crippen LogP contribution in [0.15, 0.2) is 42.7 Å². The molecule has 6 heteroatoms. The summed E-state index contributed by atoms with van der Waals surface area (Å²) < 4.78 is 0. The lowest BCUT2D eigenvalue weighted by Crippen LogP contribution is -2.47. The molecule has 148 valence electrons. The highest BCUT2D eigenvalue weighted by atomic mass is 16.1. The Bertz CT molecular complexity index is 748. The predicted octanol–water partition coefficient (Wildman–Crippen LogP) is 3.26. The zero-order valence-corrected chi connectivity index (χ0v) is 16.4. The van der Waals surface area contributed by atoms with Crippen LogP contribution in [0, 0.1) is 0 Å². The Morgan fingerprint density at radius 2 is 1.54 bits per heavy atom. The SMILES string of the molecule is O=C(NC1CCCCCC1)c1ccc(N2CCN(c3ccccn3)CC2)nc1. The van der Waals surface area contributed by atoms with Crippen molar-refractivity contribution < 1.29 is 4.79 Å². The minimum absolute atomic E-state index is 0.00548. The van der Waals surface area contributed by atoms with Crippen LogP contribution in [0.3, 0.4) is 0 Å². The van der Waals surface area contributed by atoms with E-state index >= 15 is 0 Å². The highest BCUT2D eigenvalue weighted by Crippen LogP contribution is 2.19. The molecule has 0 spiro atoms. The molecule has 1 N–H and O–H groups in total. The van der Waals surface area contributed by atoms with Crippen LogP contribution < -0.4 is 15.1 Å². The van der Waals surface area contributed by atoms with E-state index in [0.717, 1.165) is 50.7 Å². The van der Waals surface area contributed by atoms with Crippen LogP contribution in [0.25, 0.3) is 0 Å². The van der Waals surface area contributed by atoms with E-state index in [2.05, 4.69) is 31.2 Å². The molecule has 0 radical (unpaired) electrons. The molecule has 2 fully saturated rings. The van der Waals surface area contributed by atoms with Gasteiger partial charge in [0.05, 0.1) is 5.56 Å². The van der Waals surface area contributed by atoms with Gasteiger partial charge in [-0.2, -0.15) is 0 Å². The summed E-state index contributed by atoms with van der Waals surface area (Å²) >= 11 is 0. The van der Waals surface area contributed by atoms with Crippen molar-refractivity contribution in [3.63, 3.8) is 0 Å². The molecule has 6 nitrogen and oxygen atoms in total. The molecule has 0 aromatic carbocycles. The van der Waals surface area contributed by atoms with Crippen molar-refractivity contribution >= 4 is 17.5 Å². The van der Waals surface area contributed by atoms with Gasteiger partial charge in [-0.1, -0.05) is 31.7 Å². The van der Waals surface area contributed by atoms with Crippen molar-refractivity contribution in [1.82, 2.24) is 15.3 Å². The quantitative estimate of drug-likeness (QED) is 0.827. The Balaban J connectivity index is 1.31. The van der Waals surface area contributed by atoms with Gasteiger partial charge in [0, 0.05) is 44.6 Å². The van der Waals surface area contributed by atoms with Crippen LogP contribution in [-0.2, 0) is 0 Å². The van der Waals surface area contributed by atoms with E-state index in [4.69, 9.17) is 0 Å². The van der Waals surface area contributed by atoms with Gasteiger partial charge in [-0.3, -0.25) is 4.79 Å². The molecule has 0 bridgehead atoms. The van der Waals surface area contributed by atoms with E-state index in [-0.39, 0.29) is 5.91 Å². The summed E-state index contributed by atoms with van der Waals surface area (Å²) in [5.74, 6) is 1.97. The van der Waals surface area contributed by atoms with Crippen LogP contribution in [0.1, 0.15) is 48.9 Å². The number of aromatic nitrogens is 2. The van der Waals surface area contributed by atoms with E-state index in [9.17, 15) is 4.79 Å². The standard InChI is InChI=1S/C22H29N5O/c28-22(25-19-7-3-1-2-4-8-19)18-10-11-21(24-17-18)27-15-13-26(14-16-27)20-9-5-6-12-23-20/h5-6,9-12,17,19H,1-4,7-8,13-16H2,(H,25,28). The van der Waals surface area contributed by atoms with Crippen molar-refractivity contribution in [2.45, 2.75) is 44.6 Å². The van der Waals surface area contributed by atoms with Gasteiger partial charge in [0.2, 0.25) is 0 Å². The fourth-order valence-electron chi connectivity index (χ4n) is 4.11. The second-order valence-corrected chi connectivity index (χ2v) is 7.73. The number of carbonyl (C=O) groups excluding carboxylic acids is 1. The second kappa shape index (κ2) is 9.04. The van der Waals surface area contributed by atoms with Crippen molar-refractivity contribution in [1.29, 1.82) is 0 Å². The largest absolute Gasteiger partial charge is 0.353 e. The Hall–Kier alpha value is -2.63. The summed E-state index contributed by atoms with van der Waals surface area (Å²) in [6.45, 7) is 3.64. The van der Waals surface area contributed by atoms with Gasteiger partial charge in [-0.15, -0.1) is 0 Å². The average Bonchev–Trinajstić information content (AvgIpc) is 3.03. The summed E-state index contributed by atoms with van der Waals surface area (Å²) in [6.07, 6.45) is 10.7. The number of carbonyl (C=O) groups is 1. The summed E-state index contributed by atoms with van der Waals surface area (Å²) in [5.41, 5.74) is 0.653. The van der Waals surface area contributed by atoms with Crippen LogP contribution in [0.2, 0.25) is 0 Å². The van der Waals surface area contributed by atoms with Crippen LogP contribution in [0.4, 0.5) is 11.6 Å². The number of nitrogens with zero attached hydrogens (tertiary/aromatic N) is 4. The first-order valence-corrected chi connectivity index (χ1v) is 10.5. The van der Waals surface area contributed by atoms with Gasteiger partial charge in [0.25, 0.3) is 5.91 Å². The van der Waals surface area contributed by atoms with Gasteiger partial charge in [0.1, 0.15) is 11.6 Å². The van der Waals surface area contributed by atoms with Crippen molar-refractivity contribution in [3.8, 4) is 0 Å². The van der Waals surface area contributed by atoms with Gasteiger partial charge in [0.15, 0.2) is 0 Å². The highest BCUT2D eigenvalue weighted by molar-refractivity contribution is 5.94. The van der Waals surface area contributed by atoms with Crippen LogP contribution >= 0.6 is 0 Å². The highest BCUT2D eigenvalue weighted by Gasteiger charge is 2.20. The normalized spacial score (nSPS) is 18.6. The van der Waals surface area contributed by atoms with Crippen molar-refractivity contribution in [2.75, 3.05) is 36.0 Å². The summed E-state index contributed by atoms with van der Waals surface area (Å²) in [5, 5.41) is 3.19. The fourth-order valence-corrected chi connectivity index (χ4v) is 4.11. The average molecular weight is 380 g/mol. The first kappa shape index (κ1) is 18.7.